The van der Waals surface area contributed by atoms with Crippen molar-refractivity contribution < 1.29 is 27.8 Å². The average Bonchev–Trinajstić information content (AvgIpc) is 3.10. The van der Waals surface area contributed by atoms with Crippen molar-refractivity contribution in [3.8, 4) is 17.0 Å². The summed E-state index contributed by atoms with van der Waals surface area (Å²) in [4.78, 5) is 19.9. The van der Waals surface area contributed by atoms with E-state index in [0.717, 1.165) is 5.56 Å². The van der Waals surface area contributed by atoms with E-state index in [1.807, 2.05) is 30.3 Å². The van der Waals surface area contributed by atoms with Crippen LogP contribution in [0.1, 0.15) is 11.4 Å². The van der Waals surface area contributed by atoms with Gasteiger partial charge in [0.1, 0.15) is 11.6 Å². The zero-order chi connectivity index (χ0) is 20.1. The number of H-pyrrole nitrogens is 1. The molecule has 0 unspecified atom stereocenters. The van der Waals surface area contributed by atoms with Gasteiger partial charge in [-0.25, -0.2) is 9.78 Å². The molecule has 9 heteroatoms. The average molecular weight is 391 g/mol. The van der Waals surface area contributed by atoms with Crippen LogP contribution in [0, 0.1) is 0 Å². The van der Waals surface area contributed by atoms with Gasteiger partial charge < -0.3 is 14.8 Å². The Hall–Kier alpha value is -3.49. The monoisotopic (exact) mass is 391 g/mol. The van der Waals surface area contributed by atoms with E-state index in [0.29, 0.717) is 17.1 Å². The number of ether oxygens (including phenoxy) is 1. The van der Waals surface area contributed by atoms with Gasteiger partial charge >= 0.3 is 12.5 Å². The standard InChI is InChI=1S/C19H16F3N3O3/c20-19(21,22)28-15-8-6-14(7-9-15)16-10-23-17(24-16)12-25(18(26)27)11-13-4-2-1-3-5-13/h1-10H,11-12H2,(H,23,24)(H,26,27). The Morgan fingerprint density at radius 1 is 1.07 bits per heavy atom. The highest BCUT2D eigenvalue weighted by molar-refractivity contribution is 5.65. The fraction of sp³-hybridized carbons (Fsp3) is 0.158. The van der Waals surface area contributed by atoms with Gasteiger partial charge in [-0.3, -0.25) is 4.90 Å². The Bertz CT molecular complexity index is 925. The molecule has 0 fully saturated rings. The molecule has 0 aliphatic rings. The van der Waals surface area contributed by atoms with Crippen LogP contribution in [0.3, 0.4) is 0 Å². The van der Waals surface area contributed by atoms with Crippen LogP contribution in [0.5, 0.6) is 5.75 Å². The van der Waals surface area contributed by atoms with E-state index in [-0.39, 0.29) is 18.8 Å². The van der Waals surface area contributed by atoms with Crippen LogP contribution in [0.15, 0.2) is 60.8 Å². The second-order valence-electron chi connectivity index (χ2n) is 5.94. The predicted molar refractivity (Wildman–Crippen MR) is 94.4 cm³/mol. The molecule has 2 N–H and O–H groups in total. The van der Waals surface area contributed by atoms with Crippen molar-refractivity contribution in [1.29, 1.82) is 0 Å². The number of hydrogen-bond donors (Lipinski definition) is 2. The fourth-order valence-corrected chi connectivity index (χ4v) is 2.60. The molecule has 146 valence electrons. The lowest BCUT2D eigenvalue weighted by atomic mass is 10.2. The van der Waals surface area contributed by atoms with Crippen molar-refractivity contribution >= 4 is 6.09 Å². The molecule has 0 saturated heterocycles. The highest BCUT2D eigenvalue weighted by Crippen LogP contribution is 2.26. The molecule has 1 heterocycles. The zero-order valence-corrected chi connectivity index (χ0v) is 14.5. The van der Waals surface area contributed by atoms with Crippen molar-refractivity contribution in [3.63, 3.8) is 0 Å². The summed E-state index contributed by atoms with van der Waals surface area (Å²) in [5, 5.41) is 9.42. The number of rotatable bonds is 6. The summed E-state index contributed by atoms with van der Waals surface area (Å²) in [6, 6.07) is 14.5. The lowest BCUT2D eigenvalue weighted by Gasteiger charge is -2.18. The maximum atomic E-state index is 12.2. The molecule has 6 nitrogen and oxygen atoms in total. The van der Waals surface area contributed by atoms with E-state index in [1.54, 1.807) is 0 Å². The molecule has 0 bridgehead atoms. The smallest absolute Gasteiger partial charge is 0.465 e. The van der Waals surface area contributed by atoms with Crippen molar-refractivity contribution in [2.45, 2.75) is 19.5 Å². The number of alkyl halides is 3. The van der Waals surface area contributed by atoms with E-state index in [1.165, 1.54) is 35.4 Å². The van der Waals surface area contributed by atoms with Crippen molar-refractivity contribution in [2.24, 2.45) is 0 Å². The molecule has 2 aromatic carbocycles. The summed E-state index contributed by atoms with van der Waals surface area (Å²) in [6.07, 6.45) is -4.34. The van der Waals surface area contributed by atoms with Crippen LogP contribution in [-0.2, 0) is 13.1 Å². The normalized spacial score (nSPS) is 11.2. The number of carboxylic acid groups (broad SMARTS) is 1. The molecule has 1 aromatic heterocycles. The Morgan fingerprint density at radius 2 is 1.75 bits per heavy atom. The molecule has 0 aliphatic carbocycles. The highest BCUT2D eigenvalue weighted by atomic mass is 19.4. The van der Waals surface area contributed by atoms with Gasteiger partial charge in [-0.15, -0.1) is 13.2 Å². The molecule has 3 aromatic rings. The Kier molecular flexibility index (Phi) is 5.53. The van der Waals surface area contributed by atoms with Gasteiger partial charge in [0, 0.05) is 6.54 Å². The summed E-state index contributed by atoms with van der Waals surface area (Å²) in [5.74, 6) is 0.0971. The number of imidazole rings is 1. The van der Waals surface area contributed by atoms with Crippen molar-refractivity contribution in [2.75, 3.05) is 0 Å². The minimum absolute atomic E-state index is 0.0412. The first-order chi connectivity index (χ1) is 13.3. The number of halogens is 3. The summed E-state index contributed by atoms with van der Waals surface area (Å²) < 4.78 is 40.5. The predicted octanol–water partition coefficient (Wildman–Crippen LogP) is 4.66. The van der Waals surface area contributed by atoms with Crippen molar-refractivity contribution in [1.82, 2.24) is 14.9 Å². The molecule has 0 aliphatic heterocycles. The maximum absolute atomic E-state index is 12.2. The third-order valence-electron chi connectivity index (χ3n) is 3.85. The van der Waals surface area contributed by atoms with Crippen LogP contribution in [0.4, 0.5) is 18.0 Å². The maximum Gasteiger partial charge on any atom is 0.573 e. The Morgan fingerprint density at radius 3 is 2.36 bits per heavy atom. The zero-order valence-electron chi connectivity index (χ0n) is 14.5. The van der Waals surface area contributed by atoms with E-state index >= 15 is 0 Å². The number of aromatic amines is 1. The lowest BCUT2D eigenvalue weighted by molar-refractivity contribution is -0.274. The molecule has 0 atom stereocenters. The minimum atomic E-state index is -4.75. The van der Waals surface area contributed by atoms with Gasteiger partial charge in [0.05, 0.1) is 18.4 Å². The van der Waals surface area contributed by atoms with Gasteiger partial charge in [-0.2, -0.15) is 0 Å². The molecule has 0 spiro atoms. The molecule has 0 radical (unpaired) electrons. The molecule has 1 amide bonds. The van der Waals surface area contributed by atoms with Gasteiger partial charge in [-0.05, 0) is 35.4 Å². The van der Waals surface area contributed by atoms with Gasteiger partial charge in [0.2, 0.25) is 0 Å². The van der Waals surface area contributed by atoms with E-state index in [4.69, 9.17) is 0 Å². The third-order valence-corrected chi connectivity index (χ3v) is 3.85. The fourth-order valence-electron chi connectivity index (χ4n) is 2.60. The van der Waals surface area contributed by atoms with E-state index in [9.17, 15) is 23.1 Å². The number of benzene rings is 2. The van der Waals surface area contributed by atoms with Crippen LogP contribution in [0.25, 0.3) is 11.3 Å². The Balaban J connectivity index is 1.69. The summed E-state index contributed by atoms with van der Waals surface area (Å²) in [7, 11) is 0. The summed E-state index contributed by atoms with van der Waals surface area (Å²) in [6.45, 7) is 0.245. The van der Waals surface area contributed by atoms with Gasteiger partial charge in [0.25, 0.3) is 0 Å². The number of nitrogens with zero attached hydrogens (tertiary/aromatic N) is 2. The van der Waals surface area contributed by atoms with Gasteiger partial charge in [-0.1, -0.05) is 30.3 Å². The summed E-state index contributed by atoms with van der Waals surface area (Å²) >= 11 is 0. The van der Waals surface area contributed by atoms with E-state index in [2.05, 4.69) is 14.7 Å². The van der Waals surface area contributed by atoms with Crippen molar-refractivity contribution in [3.05, 3.63) is 72.2 Å². The first-order valence-corrected chi connectivity index (χ1v) is 8.22. The molecule has 3 rings (SSSR count). The first-order valence-electron chi connectivity index (χ1n) is 8.22. The SMILES string of the molecule is O=C(O)N(Cc1ccccc1)Cc1ncc(-c2ccc(OC(F)(F)F)cc2)[nH]1. The largest absolute Gasteiger partial charge is 0.573 e. The topological polar surface area (TPSA) is 78.4 Å². The lowest BCUT2D eigenvalue weighted by Crippen LogP contribution is -2.28. The van der Waals surface area contributed by atoms with Crippen LogP contribution in [0.2, 0.25) is 0 Å². The molecular weight excluding hydrogens is 375 g/mol. The number of hydrogen-bond acceptors (Lipinski definition) is 3. The summed E-state index contributed by atoms with van der Waals surface area (Å²) in [5.41, 5.74) is 1.99. The Labute approximate surface area is 158 Å². The second-order valence-corrected chi connectivity index (χ2v) is 5.94. The van der Waals surface area contributed by atoms with Gasteiger partial charge in [0.15, 0.2) is 0 Å². The van der Waals surface area contributed by atoms with Crippen LogP contribution < -0.4 is 4.74 Å². The highest BCUT2D eigenvalue weighted by Gasteiger charge is 2.31. The second kappa shape index (κ2) is 8.03. The third kappa shape index (κ3) is 5.26. The molecule has 28 heavy (non-hydrogen) atoms. The quantitative estimate of drug-likeness (QED) is 0.641. The van der Waals surface area contributed by atoms with Crippen LogP contribution >= 0.6 is 0 Å². The molecule has 0 saturated carbocycles. The first kappa shape index (κ1) is 19.3. The molecular formula is C19H16F3N3O3. The van der Waals surface area contributed by atoms with E-state index < -0.39 is 12.5 Å². The van der Waals surface area contributed by atoms with Crippen LogP contribution in [-0.4, -0.2) is 32.4 Å². The number of aromatic nitrogens is 2. The number of nitrogens with one attached hydrogen (secondary N) is 1. The minimum Gasteiger partial charge on any atom is -0.465 e. The number of carbonyl (C=O) groups is 1. The number of amides is 1.